The Hall–Kier alpha value is -16.4. The molecule has 126 heavy (non-hydrogen) atoms. The van der Waals surface area contributed by atoms with E-state index in [0.717, 1.165) is 166 Å². The zero-order chi connectivity index (χ0) is 82.6. The van der Waals surface area contributed by atoms with Crippen LogP contribution in [0.15, 0.2) is 413 Å². The Morgan fingerprint density at radius 2 is 0.492 bits per heavy atom. The van der Waals surface area contributed by atoms with Gasteiger partial charge in [-0.05, 0) is 161 Å². The van der Waals surface area contributed by atoms with E-state index in [1.807, 2.05) is 95.5 Å². The van der Waals surface area contributed by atoms with Crippen LogP contribution in [0.4, 0.5) is 0 Å². The fourth-order valence-electron chi connectivity index (χ4n) is 19.6. The molecule has 0 aliphatic rings. The topological polar surface area (TPSA) is 97.1 Å². The summed E-state index contributed by atoms with van der Waals surface area (Å²) in [5, 5.41) is 14.1. The number of benzene rings is 18. The average Bonchev–Trinajstić information content (AvgIpc) is 1.56. The highest BCUT2D eigenvalue weighted by molar-refractivity contribution is 7.26. The molecule has 0 aliphatic carbocycles. The first-order chi connectivity index (χ1) is 62.5. The molecule has 0 radical (unpaired) electrons. The van der Waals surface area contributed by atoms with E-state index in [9.17, 15) is 0 Å². The first-order valence-electron chi connectivity index (χ1n) is 42.5. The number of aromatic nitrogens is 10. The Balaban J connectivity index is 0.652. The van der Waals surface area contributed by atoms with Gasteiger partial charge in [0.2, 0.25) is 0 Å². The van der Waals surface area contributed by atoms with Crippen LogP contribution in [0.3, 0.4) is 0 Å². The normalized spacial score (nSPS) is 12.0. The summed E-state index contributed by atoms with van der Waals surface area (Å²) in [4.78, 5) is 32.6. The van der Waals surface area contributed by atoms with Crippen molar-refractivity contribution in [2.24, 2.45) is 0 Å². The maximum atomic E-state index is 5.59. The first kappa shape index (κ1) is 71.4. The number of hydrogen-bond donors (Lipinski definition) is 0. The standard InChI is InChI=1S/C114H68N10S2/c1-5-28-69(29-6-1)109-115-110(70-30-7-2-8-31-70)118-113(117-109)91-63-74(79-43-27-51-105-107(79)86-41-18-25-49-103(86)125-105)53-59-100(91)123-97-48-24-17-40-84(97)90-67-77(56-61-99(90)123)121-95-46-22-16-39-83(95)89-62-73(52-58-98(89)121)76-65-88(108-87-42-19-26-50-104(87)126-106(108)66-76)75-54-60-101(92(64-75)114-119-111(71-32-9-3-10-33-71)116-112(120-114)72-34-11-4-12-35-72)124-96-47-23-15-38-82(96)85-57-55-78(68-102(85)124)122-93-44-20-13-36-80(93)81-37-14-21-45-94(81)122/h1-68H. The second kappa shape index (κ2) is 28.6. The Morgan fingerprint density at radius 3 is 0.992 bits per heavy atom. The Labute approximate surface area is 730 Å². The van der Waals surface area contributed by atoms with Crippen molar-refractivity contribution in [1.82, 2.24) is 48.2 Å². The van der Waals surface area contributed by atoms with E-state index in [4.69, 9.17) is 29.9 Å². The molecule has 0 aliphatic heterocycles. The minimum atomic E-state index is 0.557. The van der Waals surface area contributed by atoms with Crippen LogP contribution < -0.4 is 0 Å². The Morgan fingerprint density at radius 1 is 0.159 bits per heavy atom. The molecule has 586 valence electrons. The van der Waals surface area contributed by atoms with Crippen LogP contribution in [-0.2, 0) is 0 Å². The summed E-state index contributed by atoms with van der Waals surface area (Å²) in [5.74, 6) is 3.50. The monoisotopic (exact) mass is 1640 g/mol. The molecular formula is C114H68N10S2. The maximum Gasteiger partial charge on any atom is 0.166 e. The van der Waals surface area contributed by atoms with Crippen LogP contribution >= 0.6 is 22.7 Å². The fraction of sp³-hybridized carbons (Fsp3) is 0. The van der Waals surface area contributed by atoms with Crippen LogP contribution in [0.1, 0.15) is 0 Å². The van der Waals surface area contributed by atoms with Crippen LogP contribution in [-0.4, -0.2) is 48.2 Å². The second-order valence-corrected chi connectivity index (χ2v) is 34.5. The largest absolute Gasteiger partial charge is 0.309 e. The third-order valence-electron chi connectivity index (χ3n) is 25.3. The summed E-state index contributed by atoms with van der Waals surface area (Å²) in [7, 11) is 0. The average molecular weight is 1640 g/mol. The SMILES string of the molecule is c1ccc(-c2nc(-c3ccccc3)nc(-c3cc(-c4cccc5sc6ccccc6c45)ccc3-n3c4ccccc4c4cc(-n5c6ccccc6c6cc(-c7cc(-c8ccc(-n9c%10ccccc%10c%10ccc(-n%11c%12ccccc%12c%12ccccc%12%11)cc%109)c(-c9nc(-c%10ccccc%10)nc(-c%10ccccc%10)n9)c8)c8c(c7)sc7ccccc78)ccc65)ccc43)n2)cc1. The summed E-state index contributed by atoms with van der Waals surface area (Å²) < 4.78 is 14.6. The van der Waals surface area contributed by atoms with Crippen LogP contribution in [0, 0.1) is 0 Å². The molecule has 12 heteroatoms. The quantitative estimate of drug-likeness (QED) is 0.114. The number of rotatable bonds is 13. The lowest BCUT2D eigenvalue weighted by Crippen LogP contribution is -2.04. The number of thiophene rings is 2. The lowest BCUT2D eigenvalue weighted by atomic mass is 9.92. The molecule has 26 rings (SSSR count). The van der Waals surface area contributed by atoms with E-state index in [2.05, 4.69) is 358 Å². The van der Waals surface area contributed by atoms with Crippen molar-refractivity contribution in [3.8, 4) is 124 Å². The van der Waals surface area contributed by atoms with Gasteiger partial charge in [-0.25, -0.2) is 29.9 Å². The van der Waals surface area contributed by atoms with E-state index in [0.29, 0.717) is 34.9 Å². The number of hydrogen-bond acceptors (Lipinski definition) is 8. The predicted molar refractivity (Wildman–Crippen MR) is 525 cm³/mol. The third-order valence-corrected chi connectivity index (χ3v) is 27.5. The second-order valence-electron chi connectivity index (χ2n) is 32.4. The van der Waals surface area contributed by atoms with Gasteiger partial charge in [0, 0.05) is 128 Å². The van der Waals surface area contributed by atoms with Gasteiger partial charge in [0.05, 0.1) is 55.5 Å². The molecule has 0 unspecified atom stereocenters. The molecular weight excluding hydrogens is 1570 g/mol. The van der Waals surface area contributed by atoms with E-state index >= 15 is 0 Å². The van der Waals surface area contributed by atoms with E-state index in [-0.39, 0.29) is 0 Å². The van der Waals surface area contributed by atoms with Gasteiger partial charge in [0.1, 0.15) is 0 Å². The van der Waals surface area contributed by atoms with Gasteiger partial charge in [0.15, 0.2) is 34.9 Å². The Kier molecular flexibility index (Phi) is 16.2. The van der Waals surface area contributed by atoms with Gasteiger partial charge in [0.25, 0.3) is 0 Å². The van der Waals surface area contributed by atoms with Gasteiger partial charge >= 0.3 is 0 Å². The van der Waals surface area contributed by atoms with Gasteiger partial charge < -0.3 is 18.3 Å². The minimum Gasteiger partial charge on any atom is -0.309 e. The molecule has 0 fully saturated rings. The molecule has 8 heterocycles. The summed E-state index contributed by atoms with van der Waals surface area (Å²) in [6.07, 6.45) is 0. The van der Waals surface area contributed by atoms with E-state index < -0.39 is 0 Å². The molecule has 0 atom stereocenters. The number of para-hydroxylation sites is 5. The fourth-order valence-corrected chi connectivity index (χ4v) is 21.9. The summed E-state index contributed by atoms with van der Waals surface area (Å²) in [5.41, 5.74) is 24.7. The van der Waals surface area contributed by atoms with E-state index in [1.54, 1.807) is 0 Å². The minimum absolute atomic E-state index is 0.557. The molecule has 18 aromatic carbocycles. The molecule has 0 saturated heterocycles. The van der Waals surface area contributed by atoms with Crippen molar-refractivity contribution < 1.29 is 0 Å². The van der Waals surface area contributed by atoms with Gasteiger partial charge in [-0.1, -0.05) is 285 Å². The van der Waals surface area contributed by atoms with Crippen LogP contribution in [0.5, 0.6) is 0 Å². The van der Waals surface area contributed by atoms with E-state index in [1.165, 1.54) is 51.1 Å². The Bertz CT molecular complexity index is 8820. The number of nitrogens with zero attached hydrogens (tertiary/aromatic N) is 10. The smallest absolute Gasteiger partial charge is 0.166 e. The van der Waals surface area contributed by atoms with Crippen molar-refractivity contribution in [3.05, 3.63) is 413 Å². The molecule has 0 spiro atoms. The molecule has 26 aromatic rings. The maximum absolute atomic E-state index is 5.59. The first-order valence-corrected chi connectivity index (χ1v) is 44.1. The van der Waals surface area contributed by atoms with Crippen molar-refractivity contribution in [3.63, 3.8) is 0 Å². The molecule has 10 nitrogen and oxygen atoms in total. The highest BCUT2D eigenvalue weighted by Gasteiger charge is 2.28. The zero-order valence-corrected chi connectivity index (χ0v) is 69.2. The van der Waals surface area contributed by atoms with Crippen LogP contribution in [0.2, 0.25) is 0 Å². The molecule has 0 bridgehead atoms. The predicted octanol–water partition coefficient (Wildman–Crippen LogP) is 30.2. The third kappa shape index (κ3) is 11.4. The summed E-state index contributed by atoms with van der Waals surface area (Å²) in [6.45, 7) is 0. The van der Waals surface area contributed by atoms with Crippen LogP contribution in [0.25, 0.3) is 252 Å². The number of fused-ring (bicyclic) bond motifs is 18. The van der Waals surface area contributed by atoms with Gasteiger partial charge in [-0.3, -0.25) is 0 Å². The highest BCUT2D eigenvalue weighted by Crippen LogP contribution is 2.50. The lowest BCUT2D eigenvalue weighted by Gasteiger charge is -2.18. The van der Waals surface area contributed by atoms with Crippen molar-refractivity contribution in [2.45, 2.75) is 0 Å². The molecule has 0 amide bonds. The van der Waals surface area contributed by atoms with Crippen molar-refractivity contribution in [1.29, 1.82) is 0 Å². The van der Waals surface area contributed by atoms with Gasteiger partial charge in [-0.2, -0.15) is 0 Å². The van der Waals surface area contributed by atoms with Crippen molar-refractivity contribution >= 4 is 150 Å². The highest BCUT2D eigenvalue weighted by atomic mass is 32.1. The molecule has 0 saturated carbocycles. The zero-order valence-electron chi connectivity index (χ0n) is 67.5. The summed E-state index contributed by atoms with van der Waals surface area (Å²) >= 11 is 3.67. The molecule has 8 aromatic heterocycles. The summed E-state index contributed by atoms with van der Waals surface area (Å²) in [6, 6.07) is 149. The van der Waals surface area contributed by atoms with Crippen molar-refractivity contribution in [2.75, 3.05) is 0 Å². The lowest BCUT2D eigenvalue weighted by molar-refractivity contribution is 1.06. The van der Waals surface area contributed by atoms with Gasteiger partial charge in [-0.15, -0.1) is 22.7 Å². The molecule has 0 N–H and O–H groups in total.